The molecule has 6 heteroatoms. The molecule has 1 heterocycles. The van der Waals surface area contributed by atoms with Crippen LogP contribution < -0.4 is 4.72 Å². The molecule has 22 heavy (non-hydrogen) atoms. The molecule has 1 aromatic rings. The van der Waals surface area contributed by atoms with E-state index < -0.39 is 15.8 Å². The van der Waals surface area contributed by atoms with E-state index in [2.05, 4.69) is 23.5 Å². The van der Waals surface area contributed by atoms with E-state index in [0.717, 1.165) is 38.2 Å². The highest BCUT2D eigenvalue weighted by atomic mass is 32.2. The Morgan fingerprint density at radius 3 is 2.36 bits per heavy atom. The van der Waals surface area contributed by atoms with Crippen molar-refractivity contribution in [3.05, 3.63) is 30.1 Å². The molecule has 0 aromatic heterocycles. The largest absolute Gasteiger partial charge is 0.303 e. The molecule has 0 bridgehead atoms. The first-order chi connectivity index (χ1) is 10.4. The average molecular weight is 328 g/mol. The standard InChI is InChI=1S/C16H25FN2O2S/c1-13-10-14(2)12-19(11-13)9-3-8-18-22(20,21)16-6-4-15(17)5-7-16/h4-7,13-14,18H,3,8-12H2,1-2H3/t13-,14+. The van der Waals surface area contributed by atoms with Crippen LogP contribution in [0.5, 0.6) is 0 Å². The van der Waals surface area contributed by atoms with Crippen molar-refractivity contribution < 1.29 is 12.8 Å². The van der Waals surface area contributed by atoms with E-state index >= 15 is 0 Å². The maximum Gasteiger partial charge on any atom is 0.240 e. The van der Waals surface area contributed by atoms with Gasteiger partial charge in [0.2, 0.25) is 10.0 Å². The quantitative estimate of drug-likeness (QED) is 0.816. The molecule has 2 rings (SSSR count). The van der Waals surface area contributed by atoms with E-state index in [-0.39, 0.29) is 4.90 Å². The lowest BCUT2D eigenvalue weighted by Crippen LogP contribution is -2.40. The molecule has 0 radical (unpaired) electrons. The minimum absolute atomic E-state index is 0.106. The van der Waals surface area contributed by atoms with E-state index in [1.165, 1.54) is 18.6 Å². The van der Waals surface area contributed by atoms with Crippen LogP contribution >= 0.6 is 0 Å². The Kier molecular flexibility index (Phi) is 5.94. The number of likely N-dealkylation sites (tertiary alicyclic amines) is 1. The SMILES string of the molecule is C[C@@H]1C[C@H](C)CN(CCCNS(=O)(=O)c2ccc(F)cc2)C1. The van der Waals surface area contributed by atoms with Gasteiger partial charge >= 0.3 is 0 Å². The second kappa shape index (κ2) is 7.53. The summed E-state index contributed by atoms with van der Waals surface area (Å²) in [6.45, 7) is 8.02. The lowest BCUT2D eigenvalue weighted by Gasteiger charge is -2.34. The summed E-state index contributed by atoms with van der Waals surface area (Å²) >= 11 is 0. The van der Waals surface area contributed by atoms with Gasteiger partial charge in [0.15, 0.2) is 0 Å². The van der Waals surface area contributed by atoms with Gasteiger partial charge in [0.25, 0.3) is 0 Å². The Bertz CT molecular complexity index is 564. The molecule has 1 aliphatic heterocycles. The van der Waals surface area contributed by atoms with Crippen molar-refractivity contribution in [1.29, 1.82) is 0 Å². The number of benzene rings is 1. The second-order valence-electron chi connectivity index (χ2n) is 6.41. The van der Waals surface area contributed by atoms with E-state index in [1.807, 2.05) is 0 Å². The zero-order valence-electron chi connectivity index (χ0n) is 13.3. The zero-order chi connectivity index (χ0) is 16.2. The van der Waals surface area contributed by atoms with Crippen LogP contribution in [0.4, 0.5) is 4.39 Å². The highest BCUT2D eigenvalue weighted by Crippen LogP contribution is 2.20. The number of hydrogen-bond acceptors (Lipinski definition) is 3. The number of piperidine rings is 1. The third-order valence-electron chi connectivity index (χ3n) is 4.01. The molecule has 0 spiro atoms. The van der Waals surface area contributed by atoms with E-state index in [0.29, 0.717) is 18.4 Å². The maximum atomic E-state index is 12.8. The Labute approximate surface area is 132 Å². The summed E-state index contributed by atoms with van der Waals surface area (Å²) in [5.41, 5.74) is 0. The van der Waals surface area contributed by atoms with Gasteiger partial charge in [0, 0.05) is 19.6 Å². The Hall–Kier alpha value is -0.980. The van der Waals surface area contributed by atoms with E-state index in [1.54, 1.807) is 0 Å². The van der Waals surface area contributed by atoms with Gasteiger partial charge in [-0.15, -0.1) is 0 Å². The number of nitrogens with one attached hydrogen (secondary N) is 1. The molecule has 1 aliphatic rings. The fraction of sp³-hybridized carbons (Fsp3) is 0.625. The predicted molar refractivity (Wildman–Crippen MR) is 85.6 cm³/mol. The number of sulfonamides is 1. The summed E-state index contributed by atoms with van der Waals surface area (Å²) in [7, 11) is -3.54. The van der Waals surface area contributed by atoms with Gasteiger partial charge in [-0.25, -0.2) is 17.5 Å². The van der Waals surface area contributed by atoms with Gasteiger partial charge in [0.05, 0.1) is 4.90 Å². The first kappa shape index (κ1) is 17.4. The summed E-state index contributed by atoms with van der Waals surface area (Å²) in [6.07, 6.45) is 2.05. The molecule has 0 unspecified atom stereocenters. The second-order valence-corrected chi connectivity index (χ2v) is 8.18. The molecule has 0 saturated carbocycles. The van der Waals surface area contributed by atoms with E-state index in [4.69, 9.17) is 0 Å². The number of halogens is 1. The lowest BCUT2D eigenvalue weighted by atomic mass is 9.92. The molecule has 1 aromatic carbocycles. The molecular formula is C16H25FN2O2S. The summed E-state index contributed by atoms with van der Waals surface area (Å²) < 4.78 is 39.5. The van der Waals surface area contributed by atoms with Gasteiger partial charge in [-0.05, 0) is 55.5 Å². The minimum Gasteiger partial charge on any atom is -0.303 e. The van der Waals surface area contributed by atoms with Gasteiger partial charge in [-0.3, -0.25) is 0 Å². The van der Waals surface area contributed by atoms with Gasteiger partial charge in [0.1, 0.15) is 5.82 Å². The molecule has 124 valence electrons. The van der Waals surface area contributed by atoms with Crippen molar-refractivity contribution in [1.82, 2.24) is 9.62 Å². The highest BCUT2D eigenvalue weighted by molar-refractivity contribution is 7.89. The monoisotopic (exact) mass is 328 g/mol. The third-order valence-corrected chi connectivity index (χ3v) is 5.49. The molecule has 2 atom stereocenters. The van der Waals surface area contributed by atoms with Crippen LogP contribution in [0.2, 0.25) is 0 Å². The summed E-state index contributed by atoms with van der Waals surface area (Å²) in [6, 6.07) is 4.88. The fourth-order valence-corrected chi connectivity index (χ4v) is 4.26. The first-order valence-electron chi connectivity index (χ1n) is 7.84. The topological polar surface area (TPSA) is 49.4 Å². The van der Waals surface area contributed by atoms with Crippen molar-refractivity contribution in [3.8, 4) is 0 Å². The number of rotatable bonds is 6. The maximum absolute atomic E-state index is 12.8. The van der Waals surface area contributed by atoms with Crippen molar-refractivity contribution >= 4 is 10.0 Å². The molecule has 0 aliphatic carbocycles. The Morgan fingerprint density at radius 2 is 1.77 bits per heavy atom. The summed E-state index contributed by atoms with van der Waals surface area (Å²) in [5, 5.41) is 0. The molecule has 0 amide bonds. The average Bonchev–Trinajstić information content (AvgIpc) is 2.43. The number of hydrogen-bond donors (Lipinski definition) is 1. The summed E-state index contributed by atoms with van der Waals surface area (Å²) in [4.78, 5) is 2.51. The minimum atomic E-state index is -3.54. The predicted octanol–water partition coefficient (Wildman–Crippen LogP) is 2.47. The van der Waals surface area contributed by atoms with Gasteiger partial charge in [-0.1, -0.05) is 13.8 Å². The smallest absolute Gasteiger partial charge is 0.240 e. The zero-order valence-corrected chi connectivity index (χ0v) is 14.1. The van der Waals surface area contributed by atoms with Crippen LogP contribution in [-0.4, -0.2) is 39.5 Å². The van der Waals surface area contributed by atoms with Crippen LogP contribution in [0.3, 0.4) is 0 Å². The number of nitrogens with zero attached hydrogens (tertiary/aromatic N) is 1. The summed E-state index contributed by atoms with van der Waals surface area (Å²) in [5.74, 6) is 0.978. The van der Waals surface area contributed by atoms with Crippen LogP contribution in [0.25, 0.3) is 0 Å². The van der Waals surface area contributed by atoms with E-state index in [9.17, 15) is 12.8 Å². The molecule has 4 nitrogen and oxygen atoms in total. The van der Waals surface area contributed by atoms with Crippen LogP contribution in [0, 0.1) is 17.7 Å². The van der Waals surface area contributed by atoms with Crippen molar-refractivity contribution in [2.24, 2.45) is 11.8 Å². The highest BCUT2D eigenvalue weighted by Gasteiger charge is 2.21. The first-order valence-corrected chi connectivity index (χ1v) is 9.33. The van der Waals surface area contributed by atoms with Crippen molar-refractivity contribution in [3.63, 3.8) is 0 Å². The van der Waals surface area contributed by atoms with Crippen molar-refractivity contribution in [2.75, 3.05) is 26.2 Å². The van der Waals surface area contributed by atoms with Crippen molar-refractivity contribution in [2.45, 2.75) is 31.6 Å². The van der Waals surface area contributed by atoms with Crippen LogP contribution in [-0.2, 0) is 10.0 Å². The van der Waals surface area contributed by atoms with Crippen LogP contribution in [0.15, 0.2) is 29.2 Å². The normalized spacial score (nSPS) is 23.6. The fourth-order valence-electron chi connectivity index (χ4n) is 3.18. The Balaban J connectivity index is 1.77. The van der Waals surface area contributed by atoms with Gasteiger partial charge < -0.3 is 4.90 Å². The lowest BCUT2D eigenvalue weighted by molar-refractivity contribution is 0.140. The van der Waals surface area contributed by atoms with Crippen LogP contribution in [0.1, 0.15) is 26.7 Å². The molecular weight excluding hydrogens is 303 g/mol. The third kappa shape index (κ3) is 5.04. The Morgan fingerprint density at radius 1 is 1.18 bits per heavy atom. The molecule has 1 fully saturated rings. The molecule has 1 N–H and O–H groups in total. The molecule has 1 saturated heterocycles. The van der Waals surface area contributed by atoms with Gasteiger partial charge in [-0.2, -0.15) is 0 Å².